The SMILES string of the molecule is c1ccc2c(-c3ccc(N(c4ccc(-c5cccc6c5ccc5ccccc56)cc4)c4ccc(-c5cccc6c5sc5ccccc56)cc4)cc3)cccc2c1. The second kappa shape index (κ2) is 13.4. The smallest absolute Gasteiger partial charge is 0.0462 e. The van der Waals surface area contributed by atoms with Crippen molar-refractivity contribution in [2.45, 2.75) is 0 Å². The molecule has 11 aromatic rings. The fraction of sp³-hybridized carbons (Fsp3) is 0. The van der Waals surface area contributed by atoms with Gasteiger partial charge in [0.05, 0.1) is 0 Å². The highest BCUT2D eigenvalue weighted by atomic mass is 32.1. The van der Waals surface area contributed by atoms with Gasteiger partial charge in [-0.05, 0) is 108 Å². The minimum atomic E-state index is 1.11. The Bertz CT molecular complexity index is 3220. The molecule has 2 heteroatoms. The minimum absolute atomic E-state index is 1.11. The monoisotopic (exact) mass is 729 g/mol. The van der Waals surface area contributed by atoms with E-state index in [4.69, 9.17) is 0 Å². The summed E-state index contributed by atoms with van der Waals surface area (Å²) in [4.78, 5) is 2.37. The van der Waals surface area contributed by atoms with Crippen LogP contribution in [0.3, 0.4) is 0 Å². The molecule has 262 valence electrons. The molecule has 0 N–H and O–H groups in total. The van der Waals surface area contributed by atoms with E-state index >= 15 is 0 Å². The fourth-order valence-corrected chi connectivity index (χ4v) is 9.80. The Morgan fingerprint density at radius 1 is 0.268 bits per heavy atom. The molecule has 1 nitrogen and oxygen atoms in total. The van der Waals surface area contributed by atoms with Gasteiger partial charge in [-0.2, -0.15) is 0 Å². The average Bonchev–Trinajstić information content (AvgIpc) is 3.66. The summed E-state index contributed by atoms with van der Waals surface area (Å²) in [5.74, 6) is 0. The first-order valence-electron chi connectivity index (χ1n) is 19.2. The van der Waals surface area contributed by atoms with Gasteiger partial charge in [-0.3, -0.25) is 0 Å². The average molecular weight is 730 g/mol. The molecule has 0 atom stereocenters. The molecular formula is C54H35NS. The van der Waals surface area contributed by atoms with Crippen LogP contribution >= 0.6 is 11.3 Å². The maximum absolute atomic E-state index is 2.37. The largest absolute Gasteiger partial charge is 0.311 e. The van der Waals surface area contributed by atoms with Crippen molar-refractivity contribution in [1.29, 1.82) is 0 Å². The predicted octanol–water partition coefficient (Wildman–Crippen LogP) is 16.0. The number of nitrogens with zero attached hydrogens (tertiary/aromatic N) is 1. The van der Waals surface area contributed by atoms with Gasteiger partial charge >= 0.3 is 0 Å². The van der Waals surface area contributed by atoms with E-state index in [1.165, 1.54) is 85.9 Å². The van der Waals surface area contributed by atoms with Crippen molar-refractivity contribution in [2.24, 2.45) is 0 Å². The third-order valence-electron chi connectivity index (χ3n) is 11.3. The van der Waals surface area contributed by atoms with Crippen LogP contribution in [0.15, 0.2) is 212 Å². The van der Waals surface area contributed by atoms with E-state index < -0.39 is 0 Å². The van der Waals surface area contributed by atoms with Crippen LogP contribution in [0.2, 0.25) is 0 Å². The highest BCUT2D eigenvalue weighted by Crippen LogP contribution is 2.43. The van der Waals surface area contributed by atoms with E-state index in [1.807, 2.05) is 11.3 Å². The molecule has 0 aliphatic heterocycles. The Kier molecular flexibility index (Phi) is 7.75. The van der Waals surface area contributed by atoms with Gasteiger partial charge in [-0.15, -0.1) is 11.3 Å². The number of fused-ring (bicyclic) bond motifs is 7. The molecular weight excluding hydrogens is 695 g/mol. The van der Waals surface area contributed by atoms with Crippen molar-refractivity contribution in [1.82, 2.24) is 0 Å². The Hall–Kier alpha value is -7.00. The molecule has 56 heavy (non-hydrogen) atoms. The molecule has 0 saturated heterocycles. The Morgan fingerprint density at radius 3 is 1.38 bits per heavy atom. The van der Waals surface area contributed by atoms with Crippen LogP contribution < -0.4 is 4.90 Å². The Labute approximate surface area is 330 Å². The van der Waals surface area contributed by atoms with Gasteiger partial charge in [0.25, 0.3) is 0 Å². The first-order chi connectivity index (χ1) is 27.8. The number of anilines is 3. The number of benzene rings is 10. The van der Waals surface area contributed by atoms with Crippen LogP contribution in [0, 0.1) is 0 Å². The molecule has 0 bridgehead atoms. The quantitative estimate of drug-likeness (QED) is 0.154. The maximum atomic E-state index is 2.37. The van der Waals surface area contributed by atoms with Crippen molar-refractivity contribution in [3.63, 3.8) is 0 Å². The number of thiophene rings is 1. The molecule has 1 aromatic heterocycles. The zero-order valence-corrected chi connectivity index (χ0v) is 31.4. The molecule has 0 aliphatic rings. The van der Waals surface area contributed by atoms with Crippen LogP contribution in [-0.4, -0.2) is 0 Å². The number of hydrogen-bond acceptors (Lipinski definition) is 2. The summed E-state index contributed by atoms with van der Waals surface area (Å²) in [6.07, 6.45) is 0. The summed E-state index contributed by atoms with van der Waals surface area (Å²) >= 11 is 1.88. The lowest BCUT2D eigenvalue weighted by molar-refractivity contribution is 1.28. The van der Waals surface area contributed by atoms with Crippen LogP contribution in [0.5, 0.6) is 0 Å². The van der Waals surface area contributed by atoms with Gasteiger partial charge in [-0.1, -0.05) is 170 Å². The van der Waals surface area contributed by atoms with Crippen molar-refractivity contribution >= 4 is 80.9 Å². The summed E-state index contributed by atoms with van der Waals surface area (Å²) in [6.45, 7) is 0. The first-order valence-corrected chi connectivity index (χ1v) is 20.0. The minimum Gasteiger partial charge on any atom is -0.311 e. The zero-order valence-electron chi connectivity index (χ0n) is 30.6. The van der Waals surface area contributed by atoms with Crippen LogP contribution in [-0.2, 0) is 0 Å². The van der Waals surface area contributed by atoms with Crippen LogP contribution in [0.1, 0.15) is 0 Å². The van der Waals surface area contributed by atoms with Gasteiger partial charge < -0.3 is 4.90 Å². The molecule has 0 radical (unpaired) electrons. The molecule has 11 rings (SSSR count). The third kappa shape index (κ3) is 5.46. The van der Waals surface area contributed by atoms with Gasteiger partial charge in [0.15, 0.2) is 0 Å². The molecule has 0 unspecified atom stereocenters. The van der Waals surface area contributed by atoms with E-state index in [-0.39, 0.29) is 0 Å². The second-order valence-electron chi connectivity index (χ2n) is 14.5. The van der Waals surface area contributed by atoms with Crippen LogP contribution in [0.4, 0.5) is 17.1 Å². The van der Waals surface area contributed by atoms with Gasteiger partial charge in [0.2, 0.25) is 0 Å². The van der Waals surface area contributed by atoms with Gasteiger partial charge in [0, 0.05) is 37.2 Å². The Balaban J connectivity index is 1.01. The van der Waals surface area contributed by atoms with Crippen molar-refractivity contribution in [3.8, 4) is 33.4 Å². The summed E-state index contributed by atoms with van der Waals surface area (Å²) in [7, 11) is 0. The van der Waals surface area contributed by atoms with E-state index in [2.05, 4.69) is 217 Å². The highest BCUT2D eigenvalue weighted by molar-refractivity contribution is 7.26. The normalized spacial score (nSPS) is 11.6. The summed E-state index contributed by atoms with van der Waals surface area (Å²) in [6, 6.07) is 77.6. The molecule has 0 spiro atoms. The lowest BCUT2D eigenvalue weighted by Gasteiger charge is -2.26. The highest BCUT2D eigenvalue weighted by Gasteiger charge is 2.16. The second-order valence-corrected chi connectivity index (χ2v) is 15.5. The van der Waals surface area contributed by atoms with Gasteiger partial charge in [-0.25, -0.2) is 0 Å². The number of rotatable bonds is 6. The third-order valence-corrected chi connectivity index (χ3v) is 12.5. The molecule has 1 heterocycles. The Morgan fingerprint density at radius 2 is 0.714 bits per heavy atom. The van der Waals surface area contributed by atoms with Gasteiger partial charge in [0.1, 0.15) is 0 Å². The number of hydrogen-bond donors (Lipinski definition) is 0. The standard InChI is InChI=1S/C54H35NS/c1-3-13-44-36(10-1)12-7-16-45(44)38-22-29-41(30-23-38)55(43-33-26-40(27-34-43)48-18-9-20-52-51-15-5-6-21-53(51)56-54(48)52)42-31-24-39(25-32-42)47-17-8-19-49-46-14-4-2-11-37(46)28-35-50(47)49/h1-35H. The van der Waals surface area contributed by atoms with E-state index in [0.29, 0.717) is 0 Å². The summed E-state index contributed by atoms with van der Waals surface area (Å²) in [5.41, 5.74) is 10.7. The molecule has 10 aromatic carbocycles. The van der Waals surface area contributed by atoms with E-state index in [0.717, 1.165) is 17.1 Å². The summed E-state index contributed by atoms with van der Waals surface area (Å²) in [5, 5.41) is 10.3. The molecule has 0 amide bonds. The molecule has 0 aliphatic carbocycles. The van der Waals surface area contributed by atoms with E-state index in [1.54, 1.807) is 0 Å². The lowest BCUT2D eigenvalue weighted by Crippen LogP contribution is -2.09. The van der Waals surface area contributed by atoms with Crippen molar-refractivity contribution in [2.75, 3.05) is 4.90 Å². The first kappa shape index (κ1) is 32.4. The topological polar surface area (TPSA) is 3.24 Å². The van der Waals surface area contributed by atoms with E-state index in [9.17, 15) is 0 Å². The van der Waals surface area contributed by atoms with Crippen LogP contribution in [0.25, 0.3) is 85.9 Å². The zero-order chi connectivity index (χ0) is 37.0. The fourth-order valence-electron chi connectivity index (χ4n) is 8.56. The maximum Gasteiger partial charge on any atom is 0.0462 e. The predicted molar refractivity (Wildman–Crippen MR) is 243 cm³/mol. The molecule has 0 saturated carbocycles. The molecule has 0 fully saturated rings. The van der Waals surface area contributed by atoms with Crippen molar-refractivity contribution in [3.05, 3.63) is 212 Å². The van der Waals surface area contributed by atoms with Crippen molar-refractivity contribution < 1.29 is 0 Å². The summed E-state index contributed by atoms with van der Waals surface area (Å²) < 4.78 is 2.66. The lowest BCUT2D eigenvalue weighted by atomic mass is 9.94.